The van der Waals surface area contributed by atoms with E-state index in [1.54, 1.807) is 30.3 Å². The molecule has 2 N–H and O–H groups in total. The number of anilines is 1. The lowest BCUT2D eigenvalue weighted by atomic mass is 10.2. The Hall–Kier alpha value is -3.95. The molecule has 0 saturated heterocycles. The Morgan fingerprint density at radius 3 is 2.52 bits per heavy atom. The summed E-state index contributed by atoms with van der Waals surface area (Å²) in [6.45, 7) is 1.61. The van der Waals surface area contributed by atoms with E-state index >= 15 is 0 Å². The number of carbonyl (C=O) groups is 2. The van der Waals surface area contributed by atoms with Gasteiger partial charge in [-0.2, -0.15) is 9.36 Å². The summed E-state index contributed by atoms with van der Waals surface area (Å²) in [6, 6.07) is 14.2. The number of rotatable bonds is 8. The first-order valence-electron chi connectivity index (χ1n) is 9.90. The number of nitrogens with one attached hydrogen (secondary N) is 2. The maximum Gasteiger partial charge on any atom is 0.368 e. The predicted molar refractivity (Wildman–Crippen MR) is 112 cm³/mol. The molecule has 0 atom stereocenters. The molecule has 0 bridgehead atoms. The Balaban J connectivity index is 1.34. The van der Waals surface area contributed by atoms with Gasteiger partial charge in [0.25, 0.3) is 5.91 Å². The normalized spacial score (nSPS) is 12.9. The minimum absolute atomic E-state index is 0.122. The summed E-state index contributed by atoms with van der Waals surface area (Å²) in [5.74, 6) is 0.0877. The van der Waals surface area contributed by atoms with Gasteiger partial charge in [-0.3, -0.25) is 9.59 Å². The summed E-state index contributed by atoms with van der Waals surface area (Å²) in [4.78, 5) is 36.5. The van der Waals surface area contributed by atoms with Gasteiger partial charge in [-0.1, -0.05) is 18.2 Å². The molecule has 1 saturated carbocycles. The molecule has 0 aliphatic heterocycles. The predicted octanol–water partition coefficient (Wildman–Crippen LogP) is 1.03. The van der Waals surface area contributed by atoms with Crippen LogP contribution in [0.5, 0.6) is 5.75 Å². The van der Waals surface area contributed by atoms with Crippen LogP contribution < -0.4 is 21.1 Å². The Bertz CT molecular complexity index is 1150. The van der Waals surface area contributed by atoms with Crippen LogP contribution in [0.15, 0.2) is 53.3 Å². The molecule has 1 aliphatic carbocycles. The molecular weight excluding hydrogens is 400 g/mol. The topological polar surface area (TPSA) is 120 Å². The maximum absolute atomic E-state index is 12.5. The molecule has 3 aromatic rings. The number of aromatic nitrogens is 4. The Morgan fingerprint density at radius 1 is 1.06 bits per heavy atom. The number of amides is 2. The number of aryl methyl sites for hydroxylation is 1. The number of hydrogen-bond donors (Lipinski definition) is 2. The highest BCUT2D eigenvalue weighted by Gasteiger charge is 2.24. The lowest BCUT2D eigenvalue weighted by Crippen LogP contribution is -2.34. The minimum atomic E-state index is -0.519. The van der Waals surface area contributed by atoms with Gasteiger partial charge in [-0.25, -0.2) is 4.79 Å². The standard InChI is InChI=1S/C21H22N6O4/c1-14-4-2-3-5-18(14)31-13-20(29)23-16-8-10-17(11-9-16)27-21(30)26(24-25-27)12-19(28)22-15-6-7-15/h2-5,8-11,15H,6-7,12-13H2,1H3,(H,22,28)(H,23,29). The first kappa shape index (κ1) is 20.3. The lowest BCUT2D eigenvalue weighted by molar-refractivity contribution is -0.122. The molecule has 1 heterocycles. The van der Waals surface area contributed by atoms with Crippen molar-refractivity contribution in [3.63, 3.8) is 0 Å². The molecule has 0 spiro atoms. The van der Waals surface area contributed by atoms with E-state index in [1.165, 1.54) is 0 Å². The van der Waals surface area contributed by atoms with Gasteiger partial charge in [-0.05, 0) is 66.1 Å². The SMILES string of the molecule is Cc1ccccc1OCC(=O)Nc1ccc(-n2nnn(CC(=O)NC3CC3)c2=O)cc1. The van der Waals surface area contributed by atoms with Gasteiger partial charge in [0.05, 0.1) is 5.69 Å². The zero-order valence-electron chi connectivity index (χ0n) is 16.9. The average Bonchev–Trinajstić information content (AvgIpc) is 3.50. The highest BCUT2D eigenvalue weighted by molar-refractivity contribution is 5.91. The molecule has 0 radical (unpaired) electrons. The number of para-hydroxylation sites is 1. The molecule has 10 heteroatoms. The van der Waals surface area contributed by atoms with Crippen LogP contribution >= 0.6 is 0 Å². The molecule has 2 aromatic carbocycles. The van der Waals surface area contributed by atoms with E-state index < -0.39 is 5.69 Å². The fourth-order valence-electron chi connectivity index (χ4n) is 2.92. The van der Waals surface area contributed by atoms with Gasteiger partial charge in [-0.15, -0.1) is 0 Å². The fourth-order valence-corrected chi connectivity index (χ4v) is 2.92. The van der Waals surface area contributed by atoms with E-state index in [0.29, 0.717) is 17.1 Å². The van der Waals surface area contributed by atoms with Gasteiger partial charge in [0, 0.05) is 11.7 Å². The largest absolute Gasteiger partial charge is 0.483 e. The first-order valence-corrected chi connectivity index (χ1v) is 9.90. The Kier molecular flexibility index (Phi) is 5.78. The third-order valence-electron chi connectivity index (χ3n) is 4.72. The molecule has 160 valence electrons. The number of ether oxygens (including phenoxy) is 1. The quantitative estimate of drug-likeness (QED) is 0.560. The number of hydrogen-bond acceptors (Lipinski definition) is 6. The molecule has 1 aliphatic rings. The lowest BCUT2D eigenvalue weighted by Gasteiger charge is -2.09. The van der Waals surface area contributed by atoms with Crippen LogP contribution in [-0.4, -0.2) is 44.3 Å². The fraction of sp³-hybridized carbons (Fsp3) is 0.286. The first-order chi connectivity index (χ1) is 15.0. The van der Waals surface area contributed by atoms with Crippen molar-refractivity contribution in [1.82, 2.24) is 25.1 Å². The van der Waals surface area contributed by atoms with Gasteiger partial charge in [0.1, 0.15) is 12.3 Å². The van der Waals surface area contributed by atoms with E-state index in [2.05, 4.69) is 21.1 Å². The zero-order valence-corrected chi connectivity index (χ0v) is 16.9. The van der Waals surface area contributed by atoms with Gasteiger partial charge < -0.3 is 15.4 Å². The van der Waals surface area contributed by atoms with Crippen LogP contribution in [-0.2, 0) is 16.1 Å². The third kappa shape index (κ3) is 5.16. The third-order valence-corrected chi connectivity index (χ3v) is 4.72. The Morgan fingerprint density at radius 2 is 1.81 bits per heavy atom. The number of benzene rings is 2. The van der Waals surface area contributed by atoms with Crippen LogP contribution in [0.4, 0.5) is 5.69 Å². The highest BCUT2D eigenvalue weighted by Crippen LogP contribution is 2.18. The van der Waals surface area contributed by atoms with Crippen molar-refractivity contribution >= 4 is 17.5 Å². The van der Waals surface area contributed by atoms with Crippen LogP contribution in [0.1, 0.15) is 18.4 Å². The van der Waals surface area contributed by atoms with Crippen molar-refractivity contribution in [1.29, 1.82) is 0 Å². The summed E-state index contributed by atoms with van der Waals surface area (Å²) in [5, 5.41) is 13.1. The smallest absolute Gasteiger partial charge is 0.368 e. The molecule has 0 unspecified atom stereocenters. The van der Waals surface area contributed by atoms with Crippen molar-refractivity contribution in [3.05, 3.63) is 64.6 Å². The highest BCUT2D eigenvalue weighted by atomic mass is 16.5. The number of nitrogens with zero attached hydrogens (tertiary/aromatic N) is 4. The second kappa shape index (κ2) is 8.82. The summed E-state index contributed by atoms with van der Waals surface area (Å²) in [5.41, 5.74) is 1.44. The molecular formula is C21H22N6O4. The zero-order chi connectivity index (χ0) is 21.8. The molecule has 4 rings (SSSR count). The van der Waals surface area contributed by atoms with Crippen LogP contribution in [0.2, 0.25) is 0 Å². The van der Waals surface area contributed by atoms with Crippen LogP contribution in [0.25, 0.3) is 5.69 Å². The second-order valence-electron chi connectivity index (χ2n) is 7.32. The van der Waals surface area contributed by atoms with E-state index in [1.807, 2.05) is 25.1 Å². The van der Waals surface area contributed by atoms with Gasteiger partial charge in [0.2, 0.25) is 5.91 Å². The summed E-state index contributed by atoms with van der Waals surface area (Å²) in [7, 11) is 0. The van der Waals surface area contributed by atoms with E-state index in [9.17, 15) is 14.4 Å². The number of tetrazole rings is 1. The van der Waals surface area contributed by atoms with E-state index in [-0.39, 0.29) is 31.0 Å². The molecule has 31 heavy (non-hydrogen) atoms. The maximum atomic E-state index is 12.5. The summed E-state index contributed by atoms with van der Waals surface area (Å²) >= 11 is 0. The van der Waals surface area contributed by atoms with Gasteiger partial charge in [0.15, 0.2) is 6.61 Å². The molecule has 1 aromatic heterocycles. The molecule has 10 nitrogen and oxygen atoms in total. The van der Waals surface area contributed by atoms with Crippen molar-refractivity contribution < 1.29 is 14.3 Å². The van der Waals surface area contributed by atoms with Crippen LogP contribution in [0, 0.1) is 6.92 Å². The van der Waals surface area contributed by atoms with E-state index in [4.69, 9.17) is 4.74 Å². The number of carbonyl (C=O) groups excluding carboxylic acids is 2. The molecule has 2 amide bonds. The van der Waals surface area contributed by atoms with Crippen molar-refractivity contribution in [3.8, 4) is 11.4 Å². The summed E-state index contributed by atoms with van der Waals surface area (Å²) < 4.78 is 7.64. The average molecular weight is 422 g/mol. The second-order valence-corrected chi connectivity index (χ2v) is 7.32. The van der Waals surface area contributed by atoms with Crippen molar-refractivity contribution in [2.24, 2.45) is 0 Å². The monoisotopic (exact) mass is 422 g/mol. The van der Waals surface area contributed by atoms with Crippen LogP contribution in [0.3, 0.4) is 0 Å². The van der Waals surface area contributed by atoms with Crippen molar-refractivity contribution in [2.45, 2.75) is 32.4 Å². The van der Waals surface area contributed by atoms with E-state index in [0.717, 1.165) is 27.8 Å². The molecule has 1 fully saturated rings. The minimum Gasteiger partial charge on any atom is -0.483 e. The van der Waals surface area contributed by atoms with Crippen molar-refractivity contribution in [2.75, 3.05) is 11.9 Å². The van der Waals surface area contributed by atoms with Gasteiger partial charge >= 0.3 is 5.69 Å². The Labute approximate surface area is 177 Å². The summed E-state index contributed by atoms with van der Waals surface area (Å²) in [6.07, 6.45) is 1.93.